The zero-order valence-electron chi connectivity index (χ0n) is 14.8. The highest BCUT2D eigenvalue weighted by atomic mass is 16.5. The summed E-state index contributed by atoms with van der Waals surface area (Å²) in [5.41, 5.74) is 0. The van der Waals surface area contributed by atoms with Crippen molar-refractivity contribution in [3.8, 4) is 23.0 Å². The van der Waals surface area contributed by atoms with E-state index < -0.39 is 0 Å². The Morgan fingerprint density at radius 1 is 0.370 bits per heavy atom. The van der Waals surface area contributed by atoms with Gasteiger partial charge >= 0.3 is 0 Å². The smallest absolute Gasteiger partial charge is 0.127 e. The average molecular weight is 358 g/mol. The maximum atomic E-state index is 8.63. The van der Waals surface area contributed by atoms with E-state index in [1.54, 1.807) is 48.5 Å². The molecule has 2 N–H and O–H groups in total. The topological polar surface area (TPSA) is 49.7 Å². The molecule has 0 radical (unpaired) electrons. The summed E-state index contributed by atoms with van der Waals surface area (Å²) in [6, 6.07) is 36.9. The Morgan fingerprint density at radius 3 is 0.852 bits per heavy atom. The Kier molecular flexibility index (Phi) is 8.54. The van der Waals surface area contributed by atoms with Gasteiger partial charge in [-0.15, -0.1) is 0 Å². The Balaban J connectivity index is 0.000000159. The van der Waals surface area contributed by atoms with Crippen molar-refractivity contribution in [3.05, 3.63) is 121 Å². The third kappa shape index (κ3) is 8.79. The second kappa shape index (κ2) is 11.8. The van der Waals surface area contributed by atoms with E-state index >= 15 is 0 Å². The number of aromatic hydroxyl groups is 2. The lowest BCUT2D eigenvalue weighted by Gasteiger charge is -2.03. The van der Waals surface area contributed by atoms with Crippen LogP contribution in [-0.4, -0.2) is 10.2 Å². The molecular formula is C24H22O3. The highest BCUT2D eigenvalue weighted by molar-refractivity contribution is 5.30. The molecule has 4 aromatic rings. The van der Waals surface area contributed by atoms with Crippen molar-refractivity contribution in [3.63, 3.8) is 0 Å². The summed E-state index contributed by atoms with van der Waals surface area (Å²) in [5, 5.41) is 17.3. The highest BCUT2D eigenvalue weighted by Gasteiger charge is 1.92. The van der Waals surface area contributed by atoms with E-state index in [1.807, 2.05) is 72.8 Å². The highest BCUT2D eigenvalue weighted by Crippen LogP contribution is 2.19. The Hall–Kier alpha value is -3.72. The number of ether oxygens (including phenoxy) is 1. The molecule has 0 fully saturated rings. The summed E-state index contributed by atoms with van der Waals surface area (Å²) in [5.74, 6) is 2.38. The fourth-order valence-electron chi connectivity index (χ4n) is 1.97. The molecule has 0 atom stereocenters. The predicted octanol–water partition coefficient (Wildman–Crippen LogP) is 6.26. The van der Waals surface area contributed by atoms with Crippen LogP contribution in [0.25, 0.3) is 0 Å². The third-order valence-electron chi connectivity index (χ3n) is 3.23. The second-order valence-corrected chi connectivity index (χ2v) is 5.40. The van der Waals surface area contributed by atoms with E-state index in [2.05, 4.69) is 0 Å². The normalized spacial score (nSPS) is 9.04. The van der Waals surface area contributed by atoms with Crippen molar-refractivity contribution in [2.24, 2.45) is 0 Å². The summed E-state index contributed by atoms with van der Waals surface area (Å²) in [6.45, 7) is 0. The van der Waals surface area contributed by atoms with Crippen molar-refractivity contribution in [1.82, 2.24) is 0 Å². The van der Waals surface area contributed by atoms with Gasteiger partial charge in [0.2, 0.25) is 0 Å². The van der Waals surface area contributed by atoms with Crippen LogP contribution in [0.1, 0.15) is 0 Å². The summed E-state index contributed by atoms with van der Waals surface area (Å²) in [7, 11) is 0. The van der Waals surface area contributed by atoms with Crippen molar-refractivity contribution < 1.29 is 14.9 Å². The van der Waals surface area contributed by atoms with Crippen molar-refractivity contribution in [2.45, 2.75) is 0 Å². The summed E-state index contributed by atoms with van der Waals surface area (Å²) < 4.78 is 5.58. The molecule has 0 aliphatic carbocycles. The SMILES string of the molecule is Oc1ccccc1.Oc1ccccc1.c1ccc(Oc2ccccc2)cc1. The first-order valence-electron chi connectivity index (χ1n) is 8.50. The molecule has 0 heterocycles. The number of para-hydroxylation sites is 4. The lowest BCUT2D eigenvalue weighted by Crippen LogP contribution is -1.81. The first kappa shape index (κ1) is 19.6. The van der Waals surface area contributed by atoms with Crippen LogP contribution in [0.15, 0.2) is 121 Å². The Labute approximate surface area is 159 Å². The molecule has 0 spiro atoms. The molecule has 0 bridgehead atoms. The minimum absolute atomic E-state index is 0.322. The van der Waals surface area contributed by atoms with Crippen molar-refractivity contribution in [2.75, 3.05) is 0 Å². The van der Waals surface area contributed by atoms with Gasteiger partial charge in [0.15, 0.2) is 0 Å². The first-order valence-corrected chi connectivity index (χ1v) is 8.50. The van der Waals surface area contributed by atoms with Gasteiger partial charge in [0.25, 0.3) is 0 Å². The summed E-state index contributed by atoms with van der Waals surface area (Å²) in [4.78, 5) is 0. The van der Waals surface area contributed by atoms with Gasteiger partial charge in [-0.1, -0.05) is 72.8 Å². The predicted molar refractivity (Wildman–Crippen MR) is 109 cm³/mol. The molecule has 3 heteroatoms. The monoisotopic (exact) mass is 358 g/mol. The standard InChI is InChI=1S/C12H10O.2C6H6O/c1-3-7-11(8-4-1)13-12-9-5-2-6-10-12;2*7-6-4-2-1-3-5-6/h1-10H;2*1-5,7H. The third-order valence-corrected chi connectivity index (χ3v) is 3.23. The molecule has 0 aliphatic rings. The Morgan fingerprint density at radius 2 is 0.630 bits per heavy atom. The first-order chi connectivity index (χ1) is 13.2. The molecule has 0 unspecified atom stereocenters. The van der Waals surface area contributed by atoms with Gasteiger partial charge in [-0.05, 0) is 48.5 Å². The van der Waals surface area contributed by atoms with Crippen molar-refractivity contribution in [1.29, 1.82) is 0 Å². The van der Waals surface area contributed by atoms with E-state index in [0.29, 0.717) is 11.5 Å². The van der Waals surface area contributed by atoms with Gasteiger partial charge in [-0.3, -0.25) is 0 Å². The van der Waals surface area contributed by atoms with Crippen LogP contribution < -0.4 is 4.74 Å². The number of phenols is 2. The van der Waals surface area contributed by atoms with Crippen LogP contribution in [0.3, 0.4) is 0 Å². The Bertz CT molecular complexity index is 774. The molecule has 3 nitrogen and oxygen atoms in total. The molecule has 0 saturated carbocycles. The molecule has 136 valence electrons. The fraction of sp³-hybridized carbons (Fsp3) is 0. The molecule has 0 amide bonds. The molecule has 4 rings (SSSR count). The number of benzene rings is 4. The minimum Gasteiger partial charge on any atom is -0.508 e. The molecule has 0 aromatic heterocycles. The van der Waals surface area contributed by atoms with E-state index in [1.165, 1.54) is 0 Å². The number of phenolic OH excluding ortho intramolecular Hbond substituents is 2. The van der Waals surface area contributed by atoms with Gasteiger partial charge in [0.1, 0.15) is 23.0 Å². The van der Waals surface area contributed by atoms with Gasteiger partial charge in [-0.2, -0.15) is 0 Å². The number of rotatable bonds is 2. The van der Waals surface area contributed by atoms with E-state index in [-0.39, 0.29) is 0 Å². The van der Waals surface area contributed by atoms with Crippen LogP contribution in [0.4, 0.5) is 0 Å². The van der Waals surface area contributed by atoms with E-state index in [4.69, 9.17) is 14.9 Å². The van der Waals surface area contributed by atoms with Crippen LogP contribution in [0.5, 0.6) is 23.0 Å². The summed E-state index contributed by atoms with van der Waals surface area (Å²) in [6.07, 6.45) is 0. The van der Waals surface area contributed by atoms with E-state index in [0.717, 1.165) is 11.5 Å². The van der Waals surface area contributed by atoms with Gasteiger partial charge in [0, 0.05) is 0 Å². The number of hydrogen-bond acceptors (Lipinski definition) is 3. The van der Waals surface area contributed by atoms with E-state index in [9.17, 15) is 0 Å². The average Bonchev–Trinajstić information content (AvgIpc) is 2.72. The zero-order valence-corrected chi connectivity index (χ0v) is 14.8. The van der Waals surface area contributed by atoms with Crippen LogP contribution >= 0.6 is 0 Å². The van der Waals surface area contributed by atoms with Crippen LogP contribution in [-0.2, 0) is 0 Å². The number of hydrogen-bond donors (Lipinski definition) is 2. The van der Waals surface area contributed by atoms with Gasteiger partial charge < -0.3 is 14.9 Å². The van der Waals surface area contributed by atoms with Gasteiger partial charge in [-0.25, -0.2) is 0 Å². The maximum Gasteiger partial charge on any atom is 0.127 e. The lowest BCUT2D eigenvalue weighted by atomic mass is 10.3. The van der Waals surface area contributed by atoms with Crippen molar-refractivity contribution >= 4 is 0 Å². The lowest BCUT2D eigenvalue weighted by molar-refractivity contribution is 0.475. The molecule has 0 aliphatic heterocycles. The zero-order chi connectivity index (χ0) is 19.2. The van der Waals surface area contributed by atoms with Gasteiger partial charge in [0.05, 0.1) is 0 Å². The quantitative estimate of drug-likeness (QED) is 0.444. The molecule has 27 heavy (non-hydrogen) atoms. The van der Waals surface area contributed by atoms with Crippen LogP contribution in [0.2, 0.25) is 0 Å². The molecular weight excluding hydrogens is 336 g/mol. The fourth-order valence-corrected chi connectivity index (χ4v) is 1.97. The second-order valence-electron chi connectivity index (χ2n) is 5.40. The molecule has 4 aromatic carbocycles. The minimum atomic E-state index is 0.322. The molecule has 0 saturated heterocycles. The van der Waals surface area contributed by atoms with Crippen LogP contribution in [0, 0.1) is 0 Å². The summed E-state index contributed by atoms with van der Waals surface area (Å²) >= 11 is 0. The largest absolute Gasteiger partial charge is 0.508 e. The maximum absolute atomic E-state index is 8.63.